The van der Waals surface area contributed by atoms with Crippen LogP contribution in [0.1, 0.15) is 0 Å². The Bertz CT molecular complexity index is 493. The second kappa shape index (κ2) is 3.79. The van der Waals surface area contributed by atoms with Gasteiger partial charge in [-0.3, -0.25) is 9.59 Å². The topological polar surface area (TPSA) is 75.4 Å². The second-order valence-electron chi connectivity index (χ2n) is 3.71. The normalized spacial score (nSPS) is 16.0. The fraction of sp³-hybridized carbons (Fsp3) is 0.444. The Morgan fingerprint density at radius 2 is 2.25 bits per heavy atom. The van der Waals surface area contributed by atoms with Crippen LogP contribution in [0.25, 0.3) is 0 Å². The molecule has 0 aromatic carbocycles. The van der Waals surface area contributed by atoms with Gasteiger partial charge in [0.2, 0.25) is 0 Å². The summed E-state index contributed by atoms with van der Waals surface area (Å²) in [6, 6.07) is 0. The third-order valence-electron chi connectivity index (χ3n) is 2.63. The van der Waals surface area contributed by atoms with Crippen molar-refractivity contribution in [3.63, 3.8) is 0 Å². The first-order valence-electron chi connectivity index (χ1n) is 4.70. The van der Waals surface area contributed by atoms with Crippen molar-refractivity contribution in [1.82, 2.24) is 9.78 Å². The number of aromatic nitrogens is 2. The van der Waals surface area contributed by atoms with E-state index in [4.69, 9.17) is 16.7 Å². The first-order chi connectivity index (χ1) is 7.50. The molecule has 0 amide bonds. The molecule has 1 aliphatic heterocycles. The fourth-order valence-corrected chi connectivity index (χ4v) is 1.84. The lowest BCUT2D eigenvalue weighted by molar-refractivity contribution is -0.142. The molecule has 0 bridgehead atoms. The van der Waals surface area contributed by atoms with Gasteiger partial charge in [0.1, 0.15) is 5.02 Å². The number of rotatable bonds is 2. The zero-order valence-electron chi connectivity index (χ0n) is 8.55. The van der Waals surface area contributed by atoms with Gasteiger partial charge < -0.3 is 10.0 Å². The highest BCUT2D eigenvalue weighted by molar-refractivity contribution is 6.33. The molecule has 0 saturated carbocycles. The third kappa shape index (κ3) is 1.65. The molecule has 16 heavy (non-hydrogen) atoms. The van der Waals surface area contributed by atoms with Gasteiger partial charge in [-0.15, -0.1) is 0 Å². The lowest BCUT2D eigenvalue weighted by Gasteiger charge is -2.38. The van der Waals surface area contributed by atoms with Crippen LogP contribution in [0.3, 0.4) is 0 Å². The van der Waals surface area contributed by atoms with Gasteiger partial charge in [-0.1, -0.05) is 11.6 Å². The van der Waals surface area contributed by atoms with Crippen molar-refractivity contribution in [2.75, 3.05) is 18.0 Å². The van der Waals surface area contributed by atoms with Crippen molar-refractivity contribution >= 4 is 23.3 Å². The lowest BCUT2D eigenvalue weighted by Crippen LogP contribution is -2.51. The molecule has 6 nitrogen and oxygen atoms in total. The molecule has 1 aromatic heterocycles. The van der Waals surface area contributed by atoms with Crippen molar-refractivity contribution in [2.24, 2.45) is 13.0 Å². The Balaban J connectivity index is 2.22. The van der Waals surface area contributed by atoms with Crippen LogP contribution in [-0.2, 0) is 11.8 Å². The minimum atomic E-state index is -0.829. The zero-order valence-corrected chi connectivity index (χ0v) is 9.31. The summed E-state index contributed by atoms with van der Waals surface area (Å²) in [7, 11) is 1.51. The SMILES string of the molecule is Cn1ncc(N2CC(C(=O)O)C2)c(Cl)c1=O. The molecule has 0 atom stereocenters. The number of carbonyl (C=O) groups is 1. The largest absolute Gasteiger partial charge is 0.481 e. The predicted molar refractivity (Wildman–Crippen MR) is 57.8 cm³/mol. The summed E-state index contributed by atoms with van der Waals surface area (Å²) >= 11 is 5.87. The zero-order chi connectivity index (χ0) is 11.9. The van der Waals surface area contributed by atoms with Crippen molar-refractivity contribution in [3.05, 3.63) is 21.6 Å². The Hall–Kier alpha value is -1.56. The molecule has 86 valence electrons. The van der Waals surface area contributed by atoms with Crippen LogP contribution in [0.4, 0.5) is 5.69 Å². The van der Waals surface area contributed by atoms with Crippen LogP contribution in [0.5, 0.6) is 0 Å². The van der Waals surface area contributed by atoms with E-state index in [1.807, 2.05) is 0 Å². The molecule has 2 heterocycles. The van der Waals surface area contributed by atoms with Gasteiger partial charge in [-0.05, 0) is 0 Å². The van der Waals surface area contributed by atoms with Gasteiger partial charge >= 0.3 is 5.97 Å². The molecule has 1 aromatic rings. The Labute approximate surface area is 96.0 Å². The van der Waals surface area contributed by atoms with Crippen LogP contribution < -0.4 is 10.5 Å². The van der Waals surface area contributed by atoms with Gasteiger partial charge in [0.25, 0.3) is 5.56 Å². The molecule has 0 spiro atoms. The average molecular weight is 244 g/mol. The molecule has 1 saturated heterocycles. The Morgan fingerprint density at radius 3 is 2.81 bits per heavy atom. The predicted octanol–water partition coefficient (Wildman–Crippen LogP) is -0.0455. The monoisotopic (exact) mass is 243 g/mol. The average Bonchev–Trinajstić information content (AvgIpc) is 2.15. The number of hydrogen-bond donors (Lipinski definition) is 1. The number of carboxylic acids is 1. The molecule has 0 radical (unpaired) electrons. The van der Waals surface area contributed by atoms with E-state index in [2.05, 4.69) is 5.10 Å². The van der Waals surface area contributed by atoms with E-state index in [0.717, 1.165) is 4.68 Å². The third-order valence-corrected chi connectivity index (χ3v) is 2.99. The van der Waals surface area contributed by atoms with Gasteiger partial charge in [0.05, 0.1) is 17.8 Å². The summed E-state index contributed by atoms with van der Waals surface area (Å²) in [5, 5.41) is 12.7. The summed E-state index contributed by atoms with van der Waals surface area (Å²) in [5.74, 6) is -1.22. The summed E-state index contributed by atoms with van der Waals surface area (Å²) in [6.07, 6.45) is 1.47. The van der Waals surface area contributed by atoms with E-state index in [0.29, 0.717) is 18.8 Å². The maximum atomic E-state index is 11.5. The summed E-state index contributed by atoms with van der Waals surface area (Å²) < 4.78 is 1.14. The van der Waals surface area contributed by atoms with Crippen molar-refractivity contribution in [2.45, 2.75) is 0 Å². The van der Waals surface area contributed by atoms with Crippen molar-refractivity contribution in [1.29, 1.82) is 0 Å². The van der Waals surface area contributed by atoms with E-state index < -0.39 is 5.97 Å². The highest BCUT2D eigenvalue weighted by atomic mass is 35.5. The summed E-state index contributed by atoms with van der Waals surface area (Å²) in [5.41, 5.74) is 0.125. The molecular formula is C9H10ClN3O3. The van der Waals surface area contributed by atoms with Crippen LogP contribution in [0.2, 0.25) is 5.02 Å². The van der Waals surface area contributed by atoms with Gasteiger partial charge in [-0.25, -0.2) is 4.68 Å². The lowest BCUT2D eigenvalue weighted by atomic mass is 10.0. The number of hydrogen-bond acceptors (Lipinski definition) is 4. The van der Waals surface area contributed by atoms with Crippen molar-refractivity contribution in [3.8, 4) is 0 Å². The smallest absolute Gasteiger partial charge is 0.310 e. The standard InChI is InChI=1S/C9H10ClN3O3/c1-12-8(14)7(10)6(2-11-12)13-3-5(4-13)9(15)16/h2,5H,3-4H2,1H3,(H,15,16). The van der Waals surface area contributed by atoms with E-state index >= 15 is 0 Å². The quantitative estimate of drug-likeness (QED) is 0.789. The molecular weight excluding hydrogens is 234 g/mol. The summed E-state index contributed by atoms with van der Waals surface area (Å²) in [4.78, 5) is 23.8. The van der Waals surface area contributed by atoms with Crippen LogP contribution in [0.15, 0.2) is 11.0 Å². The molecule has 2 rings (SSSR count). The number of carboxylic acid groups (broad SMARTS) is 1. The Morgan fingerprint density at radius 1 is 1.62 bits per heavy atom. The van der Waals surface area contributed by atoms with Gasteiger partial charge in [0, 0.05) is 20.1 Å². The maximum Gasteiger partial charge on any atom is 0.310 e. The molecule has 7 heteroatoms. The highest BCUT2D eigenvalue weighted by Crippen LogP contribution is 2.28. The number of aryl methyl sites for hydroxylation is 1. The molecule has 1 fully saturated rings. The molecule has 1 N–H and O–H groups in total. The second-order valence-corrected chi connectivity index (χ2v) is 4.09. The van der Waals surface area contributed by atoms with Gasteiger partial charge in [-0.2, -0.15) is 5.10 Å². The molecule has 1 aliphatic rings. The number of halogens is 1. The van der Waals surface area contributed by atoms with E-state index in [-0.39, 0.29) is 16.5 Å². The Kier molecular flexibility index (Phi) is 2.59. The van der Waals surface area contributed by atoms with E-state index in [1.54, 1.807) is 4.90 Å². The molecule has 0 aliphatic carbocycles. The minimum Gasteiger partial charge on any atom is -0.481 e. The summed E-state index contributed by atoms with van der Waals surface area (Å²) in [6.45, 7) is 0.730. The van der Waals surface area contributed by atoms with Gasteiger partial charge in [0.15, 0.2) is 0 Å². The number of aliphatic carboxylic acids is 1. The fourth-order valence-electron chi connectivity index (χ4n) is 1.55. The number of anilines is 1. The first kappa shape index (κ1) is 10.9. The van der Waals surface area contributed by atoms with Crippen molar-refractivity contribution < 1.29 is 9.90 Å². The van der Waals surface area contributed by atoms with Crippen LogP contribution in [-0.4, -0.2) is 33.9 Å². The molecule has 0 unspecified atom stereocenters. The van der Waals surface area contributed by atoms with E-state index in [9.17, 15) is 9.59 Å². The van der Waals surface area contributed by atoms with Crippen LogP contribution in [0, 0.1) is 5.92 Å². The highest BCUT2D eigenvalue weighted by Gasteiger charge is 2.34. The first-order valence-corrected chi connectivity index (χ1v) is 5.08. The maximum absolute atomic E-state index is 11.5. The van der Waals surface area contributed by atoms with Crippen LogP contribution >= 0.6 is 11.6 Å². The number of nitrogens with zero attached hydrogens (tertiary/aromatic N) is 3. The minimum absolute atomic E-state index is 0.0846. The van der Waals surface area contributed by atoms with E-state index in [1.165, 1.54) is 13.2 Å².